The predicted octanol–water partition coefficient (Wildman–Crippen LogP) is 4.86. The van der Waals surface area contributed by atoms with Gasteiger partial charge in [0.2, 0.25) is 0 Å². The quantitative estimate of drug-likeness (QED) is 0.786. The van der Waals surface area contributed by atoms with Crippen LogP contribution >= 0.6 is 0 Å². The molecule has 5 aliphatic rings. The second-order valence-corrected chi connectivity index (χ2v) is 10.0. The van der Waals surface area contributed by atoms with E-state index in [2.05, 4.69) is 37.0 Å². The van der Waals surface area contributed by atoms with Crippen LogP contribution < -0.4 is 0 Å². The Labute approximate surface area is 156 Å². The van der Waals surface area contributed by atoms with Gasteiger partial charge < -0.3 is 5.11 Å². The average Bonchev–Trinajstić information content (AvgIpc) is 3.06. The molecule has 0 amide bonds. The van der Waals surface area contributed by atoms with Crippen molar-refractivity contribution in [3.8, 4) is 0 Å². The van der Waals surface area contributed by atoms with E-state index in [1.54, 1.807) is 5.57 Å². The van der Waals surface area contributed by atoms with Crippen LogP contribution in [0.5, 0.6) is 0 Å². The second kappa shape index (κ2) is 4.90. The fraction of sp³-hybridized carbons (Fsp3) is 0.625. The number of allylic oxidation sites excluding steroid dienone is 4. The SMILES string of the molecule is C[C@H]1CC2C(CC(O)C34CC3CC[C@H]24)C2=CC=C(c3cccnc3)[C@]21C. The lowest BCUT2D eigenvalue weighted by molar-refractivity contribution is -0.0580. The number of pyridine rings is 1. The topological polar surface area (TPSA) is 33.1 Å². The van der Waals surface area contributed by atoms with Gasteiger partial charge in [0.25, 0.3) is 0 Å². The molecule has 1 heterocycles. The van der Waals surface area contributed by atoms with E-state index in [0.717, 1.165) is 24.2 Å². The highest BCUT2D eigenvalue weighted by molar-refractivity contribution is 5.78. The predicted molar refractivity (Wildman–Crippen MR) is 103 cm³/mol. The van der Waals surface area contributed by atoms with Crippen LogP contribution in [0.4, 0.5) is 0 Å². The summed E-state index contributed by atoms with van der Waals surface area (Å²) in [4.78, 5) is 4.37. The molecule has 0 saturated heterocycles. The molecular formula is C24H29NO. The van der Waals surface area contributed by atoms with Crippen LogP contribution in [0.15, 0.2) is 42.3 Å². The van der Waals surface area contributed by atoms with Crippen LogP contribution in [0.3, 0.4) is 0 Å². The van der Waals surface area contributed by atoms with Gasteiger partial charge in [0.15, 0.2) is 0 Å². The first-order valence-corrected chi connectivity index (χ1v) is 10.6. The number of aliphatic hydroxyl groups is 1. The molecular weight excluding hydrogens is 318 g/mol. The molecule has 26 heavy (non-hydrogen) atoms. The Kier molecular flexibility index (Phi) is 2.94. The summed E-state index contributed by atoms with van der Waals surface area (Å²) < 4.78 is 0. The summed E-state index contributed by atoms with van der Waals surface area (Å²) in [6.45, 7) is 4.92. The standard InChI is InChI=1S/C24H29NO/c1-14-10-17-18(11-22(26)24-12-16(24)5-6-21(17)24)20-8-7-19(23(14,20)2)15-4-3-9-25-13-15/h3-4,7-9,13-14,16-18,21-22,26H,5-6,10-12H2,1-2H3/t14-,16?,17?,18?,21+,22?,23+,24?/m0/s1. The molecule has 1 spiro atoms. The van der Waals surface area contributed by atoms with Crippen molar-refractivity contribution in [3.63, 3.8) is 0 Å². The summed E-state index contributed by atoms with van der Waals surface area (Å²) in [5, 5.41) is 11.1. The minimum Gasteiger partial charge on any atom is -0.393 e. The largest absolute Gasteiger partial charge is 0.393 e. The van der Waals surface area contributed by atoms with Gasteiger partial charge in [-0.15, -0.1) is 0 Å². The summed E-state index contributed by atoms with van der Waals surface area (Å²) in [6.07, 6.45) is 15.0. The smallest absolute Gasteiger partial charge is 0.0607 e. The molecule has 0 bridgehead atoms. The number of aromatic nitrogens is 1. The zero-order chi connectivity index (χ0) is 17.7. The Morgan fingerprint density at radius 2 is 2.08 bits per heavy atom. The molecule has 6 rings (SSSR count). The van der Waals surface area contributed by atoms with Crippen LogP contribution in [0.25, 0.3) is 5.57 Å². The van der Waals surface area contributed by atoms with Crippen molar-refractivity contribution in [1.82, 2.24) is 4.98 Å². The first-order valence-electron chi connectivity index (χ1n) is 10.6. The summed E-state index contributed by atoms with van der Waals surface area (Å²) in [5.74, 6) is 3.63. The minimum absolute atomic E-state index is 0.0674. The number of aliphatic hydroxyl groups excluding tert-OH is 1. The van der Waals surface area contributed by atoms with Gasteiger partial charge in [0, 0.05) is 23.2 Å². The number of hydrogen-bond acceptors (Lipinski definition) is 2. The third kappa shape index (κ3) is 1.66. The molecule has 4 fully saturated rings. The van der Waals surface area contributed by atoms with E-state index in [0.29, 0.717) is 17.3 Å². The molecule has 5 aliphatic carbocycles. The normalized spacial score (nSPS) is 50.9. The average molecular weight is 348 g/mol. The van der Waals surface area contributed by atoms with Gasteiger partial charge in [0.05, 0.1) is 6.10 Å². The summed E-state index contributed by atoms with van der Waals surface area (Å²) in [6, 6.07) is 4.25. The van der Waals surface area contributed by atoms with Crippen molar-refractivity contribution in [3.05, 3.63) is 47.8 Å². The van der Waals surface area contributed by atoms with Crippen molar-refractivity contribution < 1.29 is 5.11 Å². The first kappa shape index (κ1) is 15.6. The molecule has 0 aliphatic heterocycles. The van der Waals surface area contributed by atoms with E-state index < -0.39 is 0 Å². The number of nitrogens with zero attached hydrogens (tertiary/aromatic N) is 1. The van der Waals surface area contributed by atoms with Crippen LogP contribution in [0.2, 0.25) is 0 Å². The maximum Gasteiger partial charge on any atom is 0.0607 e. The van der Waals surface area contributed by atoms with Crippen molar-refractivity contribution in [1.29, 1.82) is 0 Å². The minimum atomic E-state index is -0.0674. The Morgan fingerprint density at radius 3 is 2.85 bits per heavy atom. The van der Waals surface area contributed by atoms with Gasteiger partial charge >= 0.3 is 0 Å². The molecule has 0 radical (unpaired) electrons. The zero-order valence-corrected chi connectivity index (χ0v) is 15.9. The molecule has 2 nitrogen and oxygen atoms in total. The van der Waals surface area contributed by atoms with E-state index in [4.69, 9.17) is 0 Å². The van der Waals surface area contributed by atoms with Gasteiger partial charge in [-0.1, -0.05) is 37.6 Å². The lowest BCUT2D eigenvalue weighted by Gasteiger charge is -2.55. The Morgan fingerprint density at radius 1 is 1.19 bits per heavy atom. The second-order valence-electron chi connectivity index (χ2n) is 10.0. The number of rotatable bonds is 1. The summed E-state index contributed by atoms with van der Waals surface area (Å²) in [7, 11) is 0. The lowest BCUT2D eigenvalue weighted by atomic mass is 9.49. The molecule has 1 N–H and O–H groups in total. The van der Waals surface area contributed by atoms with Gasteiger partial charge in [-0.05, 0) is 78.9 Å². The third-order valence-electron chi connectivity index (χ3n) is 9.42. The maximum absolute atomic E-state index is 11.1. The molecule has 1 aromatic heterocycles. The maximum atomic E-state index is 11.1. The molecule has 4 saturated carbocycles. The fourth-order valence-corrected chi connectivity index (χ4v) is 8.01. The lowest BCUT2D eigenvalue weighted by Crippen LogP contribution is -2.50. The molecule has 2 heteroatoms. The Hall–Kier alpha value is -1.41. The highest BCUT2D eigenvalue weighted by Gasteiger charge is 2.71. The molecule has 1 aromatic rings. The number of fused-ring (bicyclic) bond motifs is 4. The first-order chi connectivity index (χ1) is 12.6. The van der Waals surface area contributed by atoms with Gasteiger partial charge in [-0.25, -0.2) is 0 Å². The van der Waals surface area contributed by atoms with E-state index >= 15 is 0 Å². The fourth-order valence-electron chi connectivity index (χ4n) is 8.01. The van der Waals surface area contributed by atoms with E-state index in [1.165, 1.54) is 36.8 Å². The van der Waals surface area contributed by atoms with Gasteiger partial charge in [-0.2, -0.15) is 0 Å². The van der Waals surface area contributed by atoms with Crippen molar-refractivity contribution in [2.24, 2.45) is 40.4 Å². The van der Waals surface area contributed by atoms with Crippen LogP contribution in [-0.4, -0.2) is 16.2 Å². The Balaban J connectivity index is 1.40. The number of hydrogen-bond donors (Lipinski definition) is 1. The van der Waals surface area contributed by atoms with Crippen LogP contribution in [0.1, 0.15) is 51.5 Å². The van der Waals surface area contributed by atoms with Crippen LogP contribution in [0, 0.1) is 40.4 Å². The van der Waals surface area contributed by atoms with Crippen molar-refractivity contribution >= 4 is 5.57 Å². The highest BCUT2D eigenvalue weighted by atomic mass is 16.3. The Bertz CT molecular complexity index is 826. The van der Waals surface area contributed by atoms with E-state index in [9.17, 15) is 5.11 Å². The molecule has 5 unspecified atom stereocenters. The van der Waals surface area contributed by atoms with Crippen LogP contribution in [-0.2, 0) is 0 Å². The van der Waals surface area contributed by atoms with Gasteiger partial charge in [-0.3, -0.25) is 4.98 Å². The third-order valence-corrected chi connectivity index (χ3v) is 9.42. The zero-order valence-electron chi connectivity index (χ0n) is 15.9. The summed E-state index contributed by atoms with van der Waals surface area (Å²) >= 11 is 0. The van der Waals surface area contributed by atoms with Crippen molar-refractivity contribution in [2.75, 3.05) is 0 Å². The molecule has 136 valence electrons. The highest BCUT2D eigenvalue weighted by Crippen LogP contribution is 2.76. The monoisotopic (exact) mass is 347 g/mol. The summed E-state index contributed by atoms with van der Waals surface area (Å²) in [5.41, 5.74) is 4.75. The van der Waals surface area contributed by atoms with Crippen molar-refractivity contribution in [2.45, 2.75) is 52.1 Å². The van der Waals surface area contributed by atoms with Gasteiger partial charge in [0.1, 0.15) is 0 Å². The van der Waals surface area contributed by atoms with E-state index in [1.807, 2.05) is 18.5 Å². The molecule has 8 atom stereocenters. The molecule has 0 aromatic carbocycles. The van der Waals surface area contributed by atoms with E-state index in [-0.39, 0.29) is 11.5 Å².